The van der Waals surface area contributed by atoms with Crippen molar-refractivity contribution in [2.45, 2.75) is 6.54 Å². The average Bonchev–Trinajstić information content (AvgIpc) is 2.39. The first-order valence-corrected chi connectivity index (χ1v) is 5.82. The SMILES string of the molecule is O=C(O)c1cc(NCc2ccccc2F)ncc1Cl. The first kappa shape index (κ1) is 13.3. The van der Waals surface area contributed by atoms with Crippen LogP contribution in [0, 0.1) is 5.82 Å². The molecule has 2 rings (SSSR count). The highest BCUT2D eigenvalue weighted by Gasteiger charge is 2.10. The minimum Gasteiger partial charge on any atom is -0.478 e. The van der Waals surface area contributed by atoms with Gasteiger partial charge < -0.3 is 10.4 Å². The minimum atomic E-state index is -1.14. The van der Waals surface area contributed by atoms with E-state index in [-0.39, 0.29) is 22.9 Å². The number of carboxylic acids is 1. The zero-order valence-corrected chi connectivity index (χ0v) is 10.5. The Morgan fingerprint density at radius 2 is 2.16 bits per heavy atom. The number of halogens is 2. The molecule has 6 heteroatoms. The lowest BCUT2D eigenvalue weighted by Crippen LogP contribution is -2.05. The van der Waals surface area contributed by atoms with Gasteiger partial charge in [0.05, 0.1) is 10.6 Å². The van der Waals surface area contributed by atoms with Gasteiger partial charge in [-0.2, -0.15) is 0 Å². The number of hydrogen-bond donors (Lipinski definition) is 2. The molecule has 0 aliphatic heterocycles. The van der Waals surface area contributed by atoms with Crippen LogP contribution in [0.25, 0.3) is 0 Å². The van der Waals surface area contributed by atoms with Gasteiger partial charge in [0.15, 0.2) is 0 Å². The van der Waals surface area contributed by atoms with E-state index in [0.29, 0.717) is 11.4 Å². The number of aromatic nitrogens is 1. The third-order valence-corrected chi connectivity index (χ3v) is 2.80. The fourth-order valence-corrected chi connectivity index (χ4v) is 1.71. The second-order valence-corrected chi connectivity index (χ2v) is 4.21. The molecule has 1 heterocycles. The minimum absolute atomic E-state index is 0.0484. The summed E-state index contributed by atoms with van der Waals surface area (Å²) in [5.41, 5.74) is 0.420. The van der Waals surface area contributed by atoms with E-state index in [2.05, 4.69) is 10.3 Å². The van der Waals surface area contributed by atoms with Crippen LogP contribution in [0.2, 0.25) is 5.02 Å². The maximum Gasteiger partial charge on any atom is 0.337 e. The quantitative estimate of drug-likeness (QED) is 0.903. The number of carboxylic acid groups (broad SMARTS) is 1. The second kappa shape index (κ2) is 5.67. The Morgan fingerprint density at radius 1 is 1.42 bits per heavy atom. The Balaban J connectivity index is 2.14. The molecule has 1 aromatic heterocycles. The molecule has 0 fully saturated rings. The van der Waals surface area contributed by atoms with E-state index in [1.807, 2.05) is 0 Å². The van der Waals surface area contributed by atoms with E-state index in [0.717, 1.165) is 0 Å². The molecule has 1 aromatic carbocycles. The Hall–Kier alpha value is -2.14. The summed E-state index contributed by atoms with van der Waals surface area (Å²) in [6.45, 7) is 0.209. The highest BCUT2D eigenvalue weighted by atomic mass is 35.5. The van der Waals surface area contributed by atoms with Gasteiger partial charge in [-0.3, -0.25) is 0 Å². The monoisotopic (exact) mass is 280 g/mol. The largest absolute Gasteiger partial charge is 0.478 e. The lowest BCUT2D eigenvalue weighted by Gasteiger charge is -2.07. The van der Waals surface area contributed by atoms with Crippen molar-refractivity contribution in [1.29, 1.82) is 0 Å². The Morgan fingerprint density at radius 3 is 2.84 bits per heavy atom. The number of pyridine rings is 1. The van der Waals surface area contributed by atoms with Crippen molar-refractivity contribution in [3.63, 3.8) is 0 Å². The fraction of sp³-hybridized carbons (Fsp3) is 0.0769. The van der Waals surface area contributed by atoms with Gasteiger partial charge in [-0.15, -0.1) is 0 Å². The molecule has 0 spiro atoms. The Kier molecular flexibility index (Phi) is 3.97. The number of nitrogens with one attached hydrogen (secondary N) is 1. The summed E-state index contributed by atoms with van der Waals surface area (Å²) >= 11 is 5.70. The molecule has 0 radical (unpaired) electrons. The van der Waals surface area contributed by atoms with Gasteiger partial charge >= 0.3 is 5.97 Å². The lowest BCUT2D eigenvalue weighted by molar-refractivity contribution is 0.0697. The Bertz CT molecular complexity index is 619. The summed E-state index contributed by atoms with van der Waals surface area (Å²) in [6, 6.07) is 7.62. The van der Waals surface area contributed by atoms with Crippen molar-refractivity contribution >= 4 is 23.4 Å². The molecule has 0 unspecified atom stereocenters. The first-order chi connectivity index (χ1) is 9.08. The lowest BCUT2D eigenvalue weighted by atomic mass is 10.2. The van der Waals surface area contributed by atoms with E-state index in [1.54, 1.807) is 18.2 Å². The second-order valence-electron chi connectivity index (χ2n) is 3.80. The summed E-state index contributed by atoms with van der Waals surface area (Å²) in [5.74, 6) is -1.14. The molecule has 0 bridgehead atoms. The third kappa shape index (κ3) is 3.20. The zero-order chi connectivity index (χ0) is 13.8. The molecule has 0 saturated carbocycles. The standard InChI is InChI=1S/C13H10ClFN2O2/c14-10-7-17-12(5-9(10)13(18)19)16-6-8-3-1-2-4-11(8)15/h1-5,7H,6H2,(H,16,17)(H,18,19). The van der Waals surface area contributed by atoms with Gasteiger partial charge in [0.2, 0.25) is 0 Å². The summed E-state index contributed by atoms with van der Waals surface area (Å²) in [5, 5.41) is 11.8. The summed E-state index contributed by atoms with van der Waals surface area (Å²) < 4.78 is 13.4. The number of aromatic carboxylic acids is 1. The highest BCUT2D eigenvalue weighted by Crippen LogP contribution is 2.18. The van der Waals surface area contributed by atoms with Gasteiger partial charge in [-0.1, -0.05) is 29.8 Å². The normalized spacial score (nSPS) is 10.2. The first-order valence-electron chi connectivity index (χ1n) is 5.44. The summed E-state index contributed by atoms with van der Waals surface area (Å²) in [6.07, 6.45) is 1.24. The molecule has 0 aliphatic rings. The molecule has 4 nitrogen and oxygen atoms in total. The number of benzene rings is 1. The molecule has 0 amide bonds. The van der Waals surface area contributed by atoms with E-state index >= 15 is 0 Å². The van der Waals surface area contributed by atoms with E-state index in [9.17, 15) is 9.18 Å². The van der Waals surface area contributed by atoms with Crippen molar-refractivity contribution in [1.82, 2.24) is 4.98 Å². The molecule has 0 aliphatic carbocycles. The number of hydrogen-bond acceptors (Lipinski definition) is 3. The van der Waals surface area contributed by atoms with Crippen molar-refractivity contribution < 1.29 is 14.3 Å². The maximum absolute atomic E-state index is 13.4. The van der Waals surface area contributed by atoms with E-state index < -0.39 is 5.97 Å². The van der Waals surface area contributed by atoms with Crippen LogP contribution in [0.4, 0.5) is 10.2 Å². The molecule has 19 heavy (non-hydrogen) atoms. The van der Waals surface area contributed by atoms with Crippen molar-refractivity contribution in [3.05, 3.63) is 58.5 Å². The predicted molar refractivity (Wildman–Crippen MR) is 69.9 cm³/mol. The number of anilines is 1. The number of nitrogens with zero attached hydrogens (tertiary/aromatic N) is 1. The van der Waals surface area contributed by atoms with Gasteiger partial charge in [-0.05, 0) is 12.1 Å². The smallest absolute Gasteiger partial charge is 0.337 e. The van der Waals surface area contributed by atoms with Crippen LogP contribution >= 0.6 is 11.6 Å². The highest BCUT2D eigenvalue weighted by molar-refractivity contribution is 6.33. The van der Waals surface area contributed by atoms with Gasteiger partial charge in [0.1, 0.15) is 11.6 Å². The van der Waals surface area contributed by atoms with Crippen molar-refractivity contribution in [3.8, 4) is 0 Å². The average molecular weight is 281 g/mol. The summed E-state index contributed by atoms with van der Waals surface area (Å²) in [7, 11) is 0. The van der Waals surface area contributed by atoms with Crippen LogP contribution in [-0.2, 0) is 6.54 Å². The topological polar surface area (TPSA) is 62.2 Å². The van der Waals surface area contributed by atoms with Crippen LogP contribution in [0.1, 0.15) is 15.9 Å². The van der Waals surface area contributed by atoms with Crippen LogP contribution in [0.15, 0.2) is 36.5 Å². The van der Waals surface area contributed by atoms with Crippen LogP contribution in [-0.4, -0.2) is 16.1 Å². The molecule has 98 valence electrons. The molecular weight excluding hydrogens is 271 g/mol. The van der Waals surface area contributed by atoms with Crippen molar-refractivity contribution in [2.24, 2.45) is 0 Å². The van der Waals surface area contributed by atoms with Crippen molar-refractivity contribution in [2.75, 3.05) is 5.32 Å². The van der Waals surface area contributed by atoms with E-state index in [4.69, 9.17) is 16.7 Å². The van der Waals surface area contributed by atoms with Crippen LogP contribution in [0.5, 0.6) is 0 Å². The Labute approximate surface area is 113 Å². The molecular formula is C13H10ClFN2O2. The molecule has 2 aromatic rings. The van der Waals surface area contributed by atoms with Gasteiger partial charge in [0.25, 0.3) is 0 Å². The van der Waals surface area contributed by atoms with Gasteiger partial charge in [-0.25, -0.2) is 14.2 Å². The zero-order valence-electron chi connectivity index (χ0n) is 9.73. The fourth-order valence-electron chi connectivity index (χ4n) is 1.53. The van der Waals surface area contributed by atoms with E-state index in [1.165, 1.54) is 18.3 Å². The summed E-state index contributed by atoms with van der Waals surface area (Å²) in [4.78, 5) is 14.8. The number of carbonyl (C=O) groups is 1. The molecule has 0 saturated heterocycles. The number of rotatable bonds is 4. The predicted octanol–water partition coefficient (Wildman–Crippen LogP) is 3.18. The van der Waals surface area contributed by atoms with Gasteiger partial charge in [0, 0.05) is 18.3 Å². The maximum atomic E-state index is 13.4. The molecule has 2 N–H and O–H groups in total. The third-order valence-electron chi connectivity index (χ3n) is 2.50. The van der Waals surface area contributed by atoms with Crippen LogP contribution < -0.4 is 5.32 Å². The molecule has 0 atom stereocenters. The van der Waals surface area contributed by atoms with Crippen LogP contribution in [0.3, 0.4) is 0 Å².